The zero-order chi connectivity index (χ0) is 26.8. The van der Waals surface area contributed by atoms with Crippen molar-refractivity contribution in [3.05, 3.63) is 77.4 Å². The molecule has 1 spiro atoms. The number of hydrogen-bond acceptors (Lipinski definition) is 5. The Labute approximate surface area is 225 Å². The number of likely N-dealkylation sites (N-methyl/N-ethyl adjacent to an activating group) is 1. The largest absolute Gasteiger partial charge is 0.504 e. The summed E-state index contributed by atoms with van der Waals surface area (Å²) in [6, 6.07) is 11.5. The summed E-state index contributed by atoms with van der Waals surface area (Å²) in [5.41, 5.74) is 2.52. The Bertz CT molecular complexity index is 1320. The van der Waals surface area contributed by atoms with Crippen LogP contribution in [0.5, 0.6) is 11.5 Å². The van der Waals surface area contributed by atoms with Crippen LogP contribution in [0.25, 0.3) is 6.08 Å². The summed E-state index contributed by atoms with van der Waals surface area (Å²) < 4.78 is 6.66. The van der Waals surface area contributed by atoms with Crippen molar-refractivity contribution >= 4 is 12.0 Å². The lowest BCUT2D eigenvalue weighted by atomic mass is 9.45. The van der Waals surface area contributed by atoms with Crippen molar-refractivity contribution in [2.75, 3.05) is 20.1 Å². The summed E-state index contributed by atoms with van der Waals surface area (Å²) in [6.07, 6.45) is 7.83. The molecule has 2 aliphatic heterocycles. The molecule has 2 heterocycles. The van der Waals surface area contributed by atoms with Crippen molar-refractivity contribution in [3.63, 3.8) is 0 Å². The highest BCUT2D eigenvalue weighted by atomic mass is 16.5. The number of rotatable bonds is 6. The van der Waals surface area contributed by atoms with Crippen molar-refractivity contribution in [1.29, 1.82) is 0 Å². The van der Waals surface area contributed by atoms with E-state index in [4.69, 9.17) is 4.74 Å². The van der Waals surface area contributed by atoms with Gasteiger partial charge in [0.15, 0.2) is 11.5 Å². The van der Waals surface area contributed by atoms with Crippen molar-refractivity contribution in [2.24, 2.45) is 5.92 Å². The van der Waals surface area contributed by atoms with Crippen LogP contribution >= 0.6 is 0 Å². The van der Waals surface area contributed by atoms with Crippen LogP contribution in [0.2, 0.25) is 0 Å². The van der Waals surface area contributed by atoms with Crippen LogP contribution in [-0.2, 0) is 16.6 Å². The molecule has 4 aliphatic rings. The van der Waals surface area contributed by atoms with Crippen LogP contribution in [0.1, 0.15) is 48.4 Å². The third-order valence-electron chi connectivity index (χ3n) is 9.93. The number of carbonyl (C=O) groups excluding carboxylic acids is 1. The maximum atomic E-state index is 13.5. The smallest absolute Gasteiger partial charge is 0.246 e. The average molecular weight is 515 g/mol. The van der Waals surface area contributed by atoms with Gasteiger partial charge in [-0.2, -0.15) is 0 Å². The van der Waals surface area contributed by atoms with E-state index in [1.165, 1.54) is 0 Å². The van der Waals surface area contributed by atoms with Gasteiger partial charge < -0.3 is 19.8 Å². The Morgan fingerprint density at radius 3 is 2.87 bits per heavy atom. The zero-order valence-corrected chi connectivity index (χ0v) is 22.6. The molecule has 1 saturated carbocycles. The monoisotopic (exact) mass is 514 g/mol. The van der Waals surface area contributed by atoms with E-state index >= 15 is 0 Å². The maximum absolute atomic E-state index is 13.5. The minimum Gasteiger partial charge on any atom is -0.504 e. The number of amides is 1. The molecule has 38 heavy (non-hydrogen) atoms. The van der Waals surface area contributed by atoms with Gasteiger partial charge >= 0.3 is 0 Å². The zero-order valence-electron chi connectivity index (χ0n) is 22.6. The number of ether oxygens (including phenoxy) is 1. The molecule has 1 amide bonds. The third kappa shape index (κ3) is 3.29. The van der Waals surface area contributed by atoms with Gasteiger partial charge in [-0.25, -0.2) is 0 Å². The first-order valence-electron chi connectivity index (χ1n) is 13.9. The van der Waals surface area contributed by atoms with E-state index in [0.29, 0.717) is 25.0 Å². The van der Waals surface area contributed by atoms with E-state index in [2.05, 4.69) is 24.5 Å². The van der Waals surface area contributed by atoms with Crippen LogP contribution < -0.4 is 4.74 Å². The number of benzene rings is 2. The number of aryl methyl sites for hydroxylation is 1. The van der Waals surface area contributed by atoms with Crippen molar-refractivity contribution in [3.8, 4) is 11.5 Å². The second-order valence-corrected chi connectivity index (χ2v) is 11.6. The summed E-state index contributed by atoms with van der Waals surface area (Å²) in [5.74, 6) is 0.498. The quantitative estimate of drug-likeness (QED) is 0.446. The van der Waals surface area contributed by atoms with Crippen molar-refractivity contribution < 1.29 is 19.7 Å². The first-order chi connectivity index (χ1) is 18.3. The summed E-state index contributed by atoms with van der Waals surface area (Å²) >= 11 is 0. The molecule has 6 atom stereocenters. The van der Waals surface area contributed by atoms with E-state index in [9.17, 15) is 15.0 Å². The topological polar surface area (TPSA) is 73.2 Å². The lowest BCUT2D eigenvalue weighted by Gasteiger charge is -2.67. The molecule has 2 N–H and O–H groups in total. The molecule has 0 aromatic heterocycles. The van der Waals surface area contributed by atoms with Crippen LogP contribution in [0, 0.1) is 12.8 Å². The fourth-order valence-corrected chi connectivity index (χ4v) is 8.28. The normalized spacial score (nSPS) is 33.1. The number of likely N-dealkylation sites (tertiary alicyclic amines) is 1. The molecule has 6 heteroatoms. The van der Waals surface area contributed by atoms with Gasteiger partial charge in [0, 0.05) is 31.3 Å². The van der Waals surface area contributed by atoms with E-state index in [1.54, 1.807) is 17.0 Å². The first kappa shape index (κ1) is 25.2. The highest BCUT2D eigenvalue weighted by molar-refractivity contribution is 5.92. The number of aromatic hydroxyl groups is 1. The Kier molecular flexibility index (Phi) is 5.96. The van der Waals surface area contributed by atoms with Gasteiger partial charge in [-0.3, -0.25) is 9.69 Å². The fraction of sp³-hybridized carbons (Fsp3) is 0.469. The molecule has 3 unspecified atom stereocenters. The van der Waals surface area contributed by atoms with Crippen molar-refractivity contribution in [1.82, 2.24) is 9.80 Å². The van der Waals surface area contributed by atoms with Gasteiger partial charge in [0.25, 0.3) is 0 Å². The molecule has 6 nitrogen and oxygen atoms in total. The van der Waals surface area contributed by atoms with E-state index in [0.717, 1.165) is 41.8 Å². The Balaban J connectivity index is 1.43. The second kappa shape index (κ2) is 8.99. The Morgan fingerprint density at radius 2 is 2.13 bits per heavy atom. The Hall–Kier alpha value is -3.09. The second-order valence-electron chi connectivity index (χ2n) is 11.6. The summed E-state index contributed by atoms with van der Waals surface area (Å²) in [7, 11) is 1.85. The van der Waals surface area contributed by atoms with Gasteiger partial charge in [0.1, 0.15) is 6.10 Å². The molecule has 2 aromatic rings. The molecule has 2 aliphatic carbocycles. The predicted molar refractivity (Wildman–Crippen MR) is 148 cm³/mol. The van der Waals surface area contributed by atoms with Gasteiger partial charge in [-0.1, -0.05) is 55.3 Å². The first-order valence-corrected chi connectivity index (χ1v) is 13.9. The molecule has 6 rings (SSSR count). The summed E-state index contributed by atoms with van der Waals surface area (Å²) in [4.78, 5) is 17.7. The standard InChI is InChI=1S/C32H38N2O4/c1-5-15-34-16-14-31-28-22-11-12-25(35)29(28)38-30(31)24(19-23(6-2)32(31,37)26(34)18-22)33(4)27(36)13-10-21-9-7-8-20(3)17-21/h5,7-13,17,23-24,26,30,35,37H,1,6,14-16,18-19H2,2-4H3/b13-10+/t23?,24?,26-,30?,31+,32-/m1/s1. The molecule has 2 aromatic carbocycles. The number of hydrogen-bond donors (Lipinski definition) is 2. The number of phenols is 1. The summed E-state index contributed by atoms with van der Waals surface area (Å²) in [6.45, 7) is 9.67. The highest BCUT2D eigenvalue weighted by Gasteiger charge is 2.75. The van der Waals surface area contributed by atoms with E-state index in [-0.39, 0.29) is 29.7 Å². The average Bonchev–Trinajstić information content (AvgIpc) is 3.25. The number of aliphatic hydroxyl groups is 1. The van der Waals surface area contributed by atoms with Crippen LogP contribution in [-0.4, -0.2) is 69.8 Å². The van der Waals surface area contributed by atoms with Crippen LogP contribution in [0.15, 0.2) is 55.1 Å². The third-order valence-corrected chi connectivity index (χ3v) is 9.93. The fourth-order valence-electron chi connectivity index (χ4n) is 8.28. The predicted octanol–water partition coefficient (Wildman–Crippen LogP) is 4.22. The van der Waals surface area contributed by atoms with Gasteiger partial charge in [0.05, 0.1) is 17.1 Å². The number of piperidine rings is 1. The summed E-state index contributed by atoms with van der Waals surface area (Å²) in [5, 5.41) is 23.8. The molecule has 1 saturated heterocycles. The number of phenolic OH excluding ortho intramolecular Hbond substituents is 1. The van der Waals surface area contributed by atoms with Gasteiger partial charge in [0.2, 0.25) is 5.91 Å². The van der Waals surface area contributed by atoms with Gasteiger partial charge in [-0.15, -0.1) is 6.58 Å². The minimum absolute atomic E-state index is 0.0255. The van der Waals surface area contributed by atoms with E-state index < -0.39 is 17.1 Å². The van der Waals surface area contributed by atoms with Crippen LogP contribution in [0.3, 0.4) is 0 Å². The molecule has 2 fully saturated rings. The maximum Gasteiger partial charge on any atom is 0.246 e. The molecular formula is C32H38N2O4. The SMILES string of the molecule is C=CCN1CC[C@]23c4c5ccc(O)c4OC2C(N(C)C(=O)/C=C/c2cccc(C)c2)CC(CC)[C@@]3(O)[C@H]1C5. The highest BCUT2D eigenvalue weighted by Crippen LogP contribution is 2.67. The molecule has 200 valence electrons. The lowest BCUT2D eigenvalue weighted by molar-refractivity contribution is -0.226. The minimum atomic E-state index is -1.03. The molecule has 2 bridgehead atoms. The van der Waals surface area contributed by atoms with Gasteiger partial charge in [-0.05, 0) is 61.9 Å². The molecular weight excluding hydrogens is 476 g/mol. The lowest BCUT2D eigenvalue weighted by Crippen LogP contribution is -2.80. The Morgan fingerprint density at radius 1 is 1.32 bits per heavy atom. The van der Waals surface area contributed by atoms with Crippen LogP contribution in [0.4, 0.5) is 0 Å². The number of nitrogens with zero attached hydrogens (tertiary/aromatic N) is 2. The molecule has 0 radical (unpaired) electrons. The van der Waals surface area contributed by atoms with Crippen molar-refractivity contribution in [2.45, 2.75) is 68.7 Å². The van der Waals surface area contributed by atoms with E-state index in [1.807, 2.05) is 50.4 Å². The number of carbonyl (C=O) groups is 1.